The highest BCUT2D eigenvalue weighted by atomic mass is 16.2. The van der Waals surface area contributed by atoms with E-state index in [9.17, 15) is 24.0 Å². The molecule has 4 amide bonds. The summed E-state index contributed by atoms with van der Waals surface area (Å²) in [7, 11) is 0. The van der Waals surface area contributed by atoms with Gasteiger partial charge in [-0.05, 0) is 12.0 Å². The highest BCUT2D eigenvalue weighted by molar-refractivity contribution is 6.13. The summed E-state index contributed by atoms with van der Waals surface area (Å²) in [6, 6.07) is 8.54. The maximum Gasteiger partial charge on any atom is 0.253 e. The Morgan fingerprint density at radius 1 is 1.04 bits per heavy atom. The van der Waals surface area contributed by atoms with E-state index >= 15 is 0 Å². The summed E-state index contributed by atoms with van der Waals surface area (Å²) in [5, 5.41) is 4.92. The third-order valence-corrected chi connectivity index (χ3v) is 3.72. The summed E-state index contributed by atoms with van der Waals surface area (Å²) in [5.74, 6) is -1.90. The van der Waals surface area contributed by atoms with Gasteiger partial charge in [-0.2, -0.15) is 0 Å². The number of aldehydes is 1. The first-order valence-electron chi connectivity index (χ1n) is 8.08. The number of carbonyl (C=O) groups is 5. The Morgan fingerprint density at radius 2 is 1.69 bits per heavy atom. The van der Waals surface area contributed by atoms with Crippen molar-refractivity contribution in [2.24, 2.45) is 0 Å². The molecule has 0 aromatic heterocycles. The largest absolute Gasteiger partial charge is 0.347 e. The minimum absolute atomic E-state index is 0.0525. The van der Waals surface area contributed by atoms with Crippen molar-refractivity contribution in [1.82, 2.24) is 15.5 Å². The van der Waals surface area contributed by atoms with Gasteiger partial charge >= 0.3 is 0 Å². The van der Waals surface area contributed by atoms with E-state index in [1.165, 1.54) is 0 Å². The van der Waals surface area contributed by atoms with Gasteiger partial charge in [0.2, 0.25) is 11.8 Å². The van der Waals surface area contributed by atoms with Gasteiger partial charge in [-0.3, -0.25) is 24.1 Å². The molecule has 0 aliphatic carbocycles. The Balaban J connectivity index is 1.70. The molecule has 0 unspecified atom stereocenters. The topological polar surface area (TPSA) is 113 Å². The molecule has 0 saturated carbocycles. The lowest BCUT2D eigenvalue weighted by Gasteiger charge is -2.15. The number of rotatable bonds is 9. The molecule has 1 aromatic carbocycles. The van der Waals surface area contributed by atoms with Gasteiger partial charge in [-0.25, -0.2) is 0 Å². The van der Waals surface area contributed by atoms with Crippen LogP contribution in [0.15, 0.2) is 42.5 Å². The zero-order valence-corrected chi connectivity index (χ0v) is 14.0. The molecule has 2 rings (SSSR count). The van der Waals surface area contributed by atoms with Crippen molar-refractivity contribution < 1.29 is 24.0 Å². The van der Waals surface area contributed by atoms with Crippen LogP contribution in [-0.2, 0) is 30.4 Å². The van der Waals surface area contributed by atoms with Gasteiger partial charge in [0, 0.05) is 25.1 Å². The molecule has 0 fully saturated rings. The monoisotopic (exact) mass is 357 g/mol. The minimum atomic E-state index is -0.687. The molecule has 1 heterocycles. The van der Waals surface area contributed by atoms with E-state index in [1.54, 1.807) is 0 Å². The highest BCUT2D eigenvalue weighted by Crippen LogP contribution is 2.04. The number of imide groups is 1. The first-order valence-corrected chi connectivity index (χ1v) is 8.08. The van der Waals surface area contributed by atoms with Gasteiger partial charge in [-0.1, -0.05) is 30.3 Å². The normalized spacial score (nSPS) is 14.2. The summed E-state index contributed by atoms with van der Waals surface area (Å²) in [6.45, 7) is -0.346. The van der Waals surface area contributed by atoms with Gasteiger partial charge in [0.25, 0.3) is 11.8 Å². The van der Waals surface area contributed by atoms with Crippen LogP contribution in [0.5, 0.6) is 0 Å². The Labute approximate surface area is 150 Å². The summed E-state index contributed by atoms with van der Waals surface area (Å²) >= 11 is 0. The van der Waals surface area contributed by atoms with Gasteiger partial charge in [0.15, 0.2) is 0 Å². The van der Waals surface area contributed by atoms with E-state index in [1.807, 2.05) is 30.3 Å². The molecule has 0 bridgehead atoms. The lowest BCUT2D eigenvalue weighted by Crippen LogP contribution is -2.44. The molecule has 0 radical (unpaired) electrons. The fourth-order valence-corrected chi connectivity index (χ4v) is 2.39. The number of carbonyl (C=O) groups excluding carboxylic acids is 5. The van der Waals surface area contributed by atoms with Crippen molar-refractivity contribution >= 4 is 29.9 Å². The van der Waals surface area contributed by atoms with Crippen LogP contribution in [0.25, 0.3) is 0 Å². The van der Waals surface area contributed by atoms with E-state index in [0.717, 1.165) is 22.6 Å². The van der Waals surface area contributed by atoms with Crippen LogP contribution in [-0.4, -0.2) is 53.9 Å². The van der Waals surface area contributed by atoms with E-state index in [0.29, 0.717) is 12.7 Å². The standard InChI is InChI=1S/C18H19N3O5/c22-12-14(10-13-4-2-1-3-5-13)20-16(24)11-19-15(23)8-9-21-17(25)6-7-18(21)26/h1-7,12,14H,8-11H2,(H,19,23)(H,20,24)/t14-/m0/s1. The van der Waals surface area contributed by atoms with Crippen molar-refractivity contribution in [2.75, 3.05) is 13.1 Å². The van der Waals surface area contributed by atoms with Crippen LogP contribution in [0.3, 0.4) is 0 Å². The summed E-state index contributed by atoms with van der Waals surface area (Å²) < 4.78 is 0. The molecular formula is C18H19N3O5. The number of benzene rings is 1. The van der Waals surface area contributed by atoms with E-state index in [2.05, 4.69) is 10.6 Å². The van der Waals surface area contributed by atoms with Crippen molar-refractivity contribution in [3.8, 4) is 0 Å². The molecule has 8 heteroatoms. The lowest BCUT2D eigenvalue weighted by molar-refractivity contribution is -0.137. The molecule has 1 aliphatic heterocycles. The SMILES string of the molecule is O=C[C@H](Cc1ccccc1)NC(=O)CNC(=O)CCN1C(=O)C=CC1=O. The second-order valence-corrected chi connectivity index (χ2v) is 5.69. The molecule has 1 atom stereocenters. The molecule has 0 saturated heterocycles. The zero-order valence-electron chi connectivity index (χ0n) is 14.0. The zero-order chi connectivity index (χ0) is 18.9. The third-order valence-electron chi connectivity index (χ3n) is 3.72. The second-order valence-electron chi connectivity index (χ2n) is 5.69. The van der Waals surface area contributed by atoms with Gasteiger partial charge in [0.1, 0.15) is 6.29 Å². The molecule has 26 heavy (non-hydrogen) atoms. The van der Waals surface area contributed by atoms with E-state index in [-0.39, 0.29) is 19.5 Å². The van der Waals surface area contributed by atoms with Crippen LogP contribution in [0, 0.1) is 0 Å². The van der Waals surface area contributed by atoms with Gasteiger partial charge < -0.3 is 15.4 Å². The van der Waals surface area contributed by atoms with Crippen molar-refractivity contribution in [3.05, 3.63) is 48.0 Å². The summed E-state index contributed by atoms with van der Waals surface area (Å²) in [4.78, 5) is 58.4. The van der Waals surface area contributed by atoms with E-state index in [4.69, 9.17) is 0 Å². The molecule has 2 N–H and O–H groups in total. The van der Waals surface area contributed by atoms with E-state index < -0.39 is 29.7 Å². The molecule has 0 spiro atoms. The average molecular weight is 357 g/mol. The molecule has 1 aliphatic rings. The van der Waals surface area contributed by atoms with Crippen LogP contribution in [0.2, 0.25) is 0 Å². The Kier molecular flexibility index (Phi) is 6.78. The highest BCUT2D eigenvalue weighted by Gasteiger charge is 2.23. The van der Waals surface area contributed by atoms with Crippen molar-refractivity contribution in [3.63, 3.8) is 0 Å². The Bertz CT molecular complexity index is 712. The number of nitrogens with one attached hydrogen (secondary N) is 2. The number of nitrogens with zero attached hydrogens (tertiary/aromatic N) is 1. The summed E-state index contributed by atoms with van der Waals surface area (Å²) in [6.07, 6.45) is 3.17. The fraction of sp³-hybridized carbons (Fsp3) is 0.278. The minimum Gasteiger partial charge on any atom is -0.347 e. The quantitative estimate of drug-likeness (QED) is 0.450. The molecule has 1 aromatic rings. The van der Waals surface area contributed by atoms with Gasteiger partial charge in [0.05, 0.1) is 12.6 Å². The average Bonchev–Trinajstić information content (AvgIpc) is 2.96. The third kappa shape index (κ3) is 5.66. The lowest BCUT2D eigenvalue weighted by atomic mass is 10.1. The number of amides is 4. The fourth-order valence-electron chi connectivity index (χ4n) is 2.39. The van der Waals surface area contributed by atoms with Crippen LogP contribution in [0.4, 0.5) is 0 Å². The van der Waals surface area contributed by atoms with Crippen LogP contribution < -0.4 is 10.6 Å². The Hall–Kier alpha value is -3.29. The molecule has 8 nitrogen and oxygen atoms in total. The first kappa shape index (κ1) is 19.0. The van der Waals surface area contributed by atoms with Crippen LogP contribution in [0.1, 0.15) is 12.0 Å². The molecular weight excluding hydrogens is 338 g/mol. The number of hydrogen-bond acceptors (Lipinski definition) is 5. The predicted octanol–water partition coefficient (Wildman–Crippen LogP) is -0.656. The molecule has 136 valence electrons. The summed E-state index contributed by atoms with van der Waals surface area (Å²) in [5.41, 5.74) is 0.905. The second kappa shape index (κ2) is 9.26. The van der Waals surface area contributed by atoms with Gasteiger partial charge in [-0.15, -0.1) is 0 Å². The van der Waals surface area contributed by atoms with Crippen LogP contribution >= 0.6 is 0 Å². The maximum atomic E-state index is 11.9. The smallest absolute Gasteiger partial charge is 0.253 e. The Morgan fingerprint density at radius 3 is 2.31 bits per heavy atom. The number of hydrogen-bond donors (Lipinski definition) is 2. The first-order chi connectivity index (χ1) is 12.5. The predicted molar refractivity (Wildman–Crippen MR) is 91.6 cm³/mol. The van der Waals surface area contributed by atoms with Crippen molar-refractivity contribution in [2.45, 2.75) is 18.9 Å². The van der Waals surface area contributed by atoms with Crippen molar-refractivity contribution in [1.29, 1.82) is 0 Å². The maximum absolute atomic E-state index is 11.9.